The van der Waals surface area contributed by atoms with Crippen molar-refractivity contribution in [1.29, 1.82) is 0 Å². The number of nitrogens with zero attached hydrogens (tertiary/aromatic N) is 2. The second-order valence-corrected chi connectivity index (χ2v) is 6.62. The molecule has 0 aliphatic carbocycles. The maximum atomic E-state index is 12.7. The van der Waals surface area contributed by atoms with E-state index in [1.807, 2.05) is 39.0 Å². The molecule has 0 atom stereocenters. The number of nitrogens with one attached hydrogen (secondary N) is 2. The van der Waals surface area contributed by atoms with Crippen molar-refractivity contribution in [3.63, 3.8) is 0 Å². The minimum Gasteiger partial charge on any atom is -0.332 e. The molecule has 2 N–H and O–H groups in total. The first-order valence-electron chi connectivity index (χ1n) is 8.42. The van der Waals surface area contributed by atoms with Gasteiger partial charge in [0, 0.05) is 18.1 Å². The molecule has 0 spiro atoms. The summed E-state index contributed by atoms with van der Waals surface area (Å²) in [6, 6.07) is 9.46. The molecular formula is C20H22N4O2. The van der Waals surface area contributed by atoms with E-state index in [-0.39, 0.29) is 18.4 Å². The van der Waals surface area contributed by atoms with Gasteiger partial charge in [-0.1, -0.05) is 29.8 Å². The first kappa shape index (κ1) is 17.7. The number of anilines is 1. The Bertz CT molecular complexity index is 967. The minimum absolute atomic E-state index is 0.0316. The molecule has 134 valence electrons. The summed E-state index contributed by atoms with van der Waals surface area (Å²) in [7, 11) is 1.62. The molecule has 2 aromatic carbocycles. The second-order valence-electron chi connectivity index (χ2n) is 6.62. The fourth-order valence-electron chi connectivity index (χ4n) is 3.20. The number of benzene rings is 2. The molecular weight excluding hydrogens is 328 g/mol. The molecule has 6 nitrogen and oxygen atoms in total. The summed E-state index contributed by atoms with van der Waals surface area (Å²) >= 11 is 0. The van der Waals surface area contributed by atoms with Crippen LogP contribution in [0.3, 0.4) is 0 Å². The summed E-state index contributed by atoms with van der Waals surface area (Å²) in [5, 5.41) is 10.6. The van der Waals surface area contributed by atoms with Gasteiger partial charge in [-0.15, -0.1) is 0 Å². The standard InChI is InChI=1S/C20H22N4O2/c1-12-8-13(2)18(14(3)9-12)22-17(25)11-24(4)20(26)16-7-5-6-15-10-21-23-19(15)16/h5-10H,11H2,1-4H3,(H,21,23)(H,22,25). The zero-order valence-electron chi connectivity index (χ0n) is 15.4. The van der Waals surface area contributed by atoms with Crippen molar-refractivity contribution >= 4 is 28.4 Å². The van der Waals surface area contributed by atoms with Crippen molar-refractivity contribution in [3.05, 3.63) is 58.8 Å². The number of hydrogen-bond donors (Lipinski definition) is 2. The highest BCUT2D eigenvalue weighted by atomic mass is 16.2. The van der Waals surface area contributed by atoms with Crippen LogP contribution in [0.4, 0.5) is 5.69 Å². The van der Waals surface area contributed by atoms with Gasteiger partial charge in [-0.05, 0) is 38.0 Å². The van der Waals surface area contributed by atoms with Crippen LogP contribution < -0.4 is 5.32 Å². The van der Waals surface area contributed by atoms with Gasteiger partial charge in [0.05, 0.1) is 23.8 Å². The number of hydrogen-bond acceptors (Lipinski definition) is 3. The third kappa shape index (κ3) is 3.44. The van der Waals surface area contributed by atoms with Crippen LogP contribution in [0, 0.1) is 20.8 Å². The van der Waals surface area contributed by atoms with Crippen molar-refractivity contribution in [2.75, 3.05) is 18.9 Å². The summed E-state index contributed by atoms with van der Waals surface area (Å²) in [6.07, 6.45) is 1.67. The number of para-hydroxylation sites is 1. The molecule has 3 rings (SSSR count). The predicted octanol–water partition coefficient (Wildman–Crippen LogP) is 3.20. The maximum absolute atomic E-state index is 12.7. The first-order valence-corrected chi connectivity index (χ1v) is 8.42. The van der Waals surface area contributed by atoms with Crippen LogP contribution in [0.25, 0.3) is 10.9 Å². The Labute approximate surface area is 152 Å². The van der Waals surface area contributed by atoms with Crippen LogP contribution in [-0.4, -0.2) is 40.5 Å². The number of H-pyrrole nitrogens is 1. The summed E-state index contributed by atoms with van der Waals surface area (Å²) < 4.78 is 0. The Morgan fingerprint density at radius 1 is 1.15 bits per heavy atom. The average Bonchev–Trinajstić information content (AvgIpc) is 3.06. The van der Waals surface area contributed by atoms with E-state index >= 15 is 0 Å². The number of rotatable bonds is 4. The van der Waals surface area contributed by atoms with Gasteiger partial charge in [0.15, 0.2) is 0 Å². The van der Waals surface area contributed by atoms with Crippen molar-refractivity contribution in [2.24, 2.45) is 0 Å². The summed E-state index contributed by atoms with van der Waals surface area (Å²) in [5.41, 5.74) is 5.14. The fourth-order valence-corrected chi connectivity index (χ4v) is 3.20. The molecule has 26 heavy (non-hydrogen) atoms. The molecule has 6 heteroatoms. The van der Waals surface area contributed by atoms with E-state index in [1.165, 1.54) is 4.90 Å². The minimum atomic E-state index is -0.229. The Kier molecular flexibility index (Phi) is 4.75. The van der Waals surface area contributed by atoms with Gasteiger partial charge < -0.3 is 10.2 Å². The van der Waals surface area contributed by atoms with Crippen molar-refractivity contribution in [3.8, 4) is 0 Å². The second kappa shape index (κ2) is 7.00. The lowest BCUT2D eigenvalue weighted by molar-refractivity contribution is -0.116. The van der Waals surface area contributed by atoms with Gasteiger partial charge in [0.1, 0.15) is 0 Å². The predicted molar refractivity (Wildman–Crippen MR) is 102 cm³/mol. The van der Waals surface area contributed by atoms with Crippen LogP contribution in [-0.2, 0) is 4.79 Å². The Hall–Kier alpha value is -3.15. The first-order chi connectivity index (χ1) is 12.4. The van der Waals surface area contributed by atoms with Gasteiger partial charge >= 0.3 is 0 Å². The quantitative estimate of drug-likeness (QED) is 0.758. The van der Waals surface area contributed by atoms with E-state index < -0.39 is 0 Å². The van der Waals surface area contributed by atoms with Gasteiger partial charge in [0.2, 0.25) is 5.91 Å². The number of aromatic amines is 1. The number of aryl methyl sites for hydroxylation is 3. The van der Waals surface area contributed by atoms with E-state index in [0.717, 1.165) is 27.8 Å². The van der Waals surface area contributed by atoms with Crippen molar-refractivity contribution in [1.82, 2.24) is 15.1 Å². The van der Waals surface area contributed by atoms with Gasteiger partial charge in [-0.25, -0.2) is 0 Å². The SMILES string of the molecule is Cc1cc(C)c(NC(=O)CN(C)C(=O)c2cccc3cn[nH]c23)c(C)c1. The lowest BCUT2D eigenvalue weighted by atomic mass is 10.1. The number of aromatic nitrogens is 2. The molecule has 2 amide bonds. The molecule has 0 bridgehead atoms. The van der Waals surface area contributed by atoms with E-state index in [4.69, 9.17) is 0 Å². The van der Waals surface area contributed by atoms with Gasteiger partial charge in [-0.2, -0.15) is 5.10 Å². The normalized spacial score (nSPS) is 10.8. The third-order valence-corrected chi connectivity index (χ3v) is 4.38. The summed E-state index contributed by atoms with van der Waals surface area (Å²) in [4.78, 5) is 26.6. The smallest absolute Gasteiger partial charge is 0.256 e. The molecule has 0 radical (unpaired) electrons. The molecule has 0 saturated carbocycles. The number of carbonyl (C=O) groups excluding carboxylic acids is 2. The van der Waals surface area contributed by atoms with E-state index in [2.05, 4.69) is 15.5 Å². The van der Waals surface area contributed by atoms with Gasteiger partial charge in [-0.3, -0.25) is 14.7 Å². The topological polar surface area (TPSA) is 78.1 Å². The Morgan fingerprint density at radius 2 is 1.85 bits per heavy atom. The molecule has 0 aliphatic rings. The number of amides is 2. The van der Waals surface area contributed by atoms with Crippen LogP contribution >= 0.6 is 0 Å². The molecule has 0 fully saturated rings. The highest BCUT2D eigenvalue weighted by molar-refractivity contribution is 6.07. The fraction of sp³-hybridized carbons (Fsp3) is 0.250. The highest BCUT2D eigenvalue weighted by Crippen LogP contribution is 2.22. The highest BCUT2D eigenvalue weighted by Gasteiger charge is 2.18. The summed E-state index contributed by atoms with van der Waals surface area (Å²) in [5.74, 6) is -0.458. The number of likely N-dealkylation sites (N-methyl/N-ethyl adjacent to an activating group) is 1. The van der Waals surface area contributed by atoms with Crippen LogP contribution in [0.1, 0.15) is 27.0 Å². The van der Waals surface area contributed by atoms with E-state index in [0.29, 0.717) is 11.1 Å². The zero-order chi connectivity index (χ0) is 18.8. The molecule has 0 aliphatic heterocycles. The summed E-state index contributed by atoms with van der Waals surface area (Å²) in [6.45, 7) is 5.91. The Balaban J connectivity index is 1.73. The molecule has 0 unspecified atom stereocenters. The van der Waals surface area contributed by atoms with Crippen molar-refractivity contribution < 1.29 is 9.59 Å². The molecule has 1 aromatic heterocycles. The van der Waals surface area contributed by atoms with Gasteiger partial charge in [0.25, 0.3) is 5.91 Å². The van der Waals surface area contributed by atoms with E-state index in [1.54, 1.807) is 25.4 Å². The van der Waals surface area contributed by atoms with Crippen LogP contribution in [0.2, 0.25) is 0 Å². The van der Waals surface area contributed by atoms with Crippen molar-refractivity contribution in [2.45, 2.75) is 20.8 Å². The number of fused-ring (bicyclic) bond motifs is 1. The lowest BCUT2D eigenvalue weighted by Gasteiger charge is -2.19. The monoisotopic (exact) mass is 350 g/mol. The Morgan fingerprint density at radius 3 is 2.54 bits per heavy atom. The van der Waals surface area contributed by atoms with E-state index in [9.17, 15) is 9.59 Å². The lowest BCUT2D eigenvalue weighted by Crippen LogP contribution is -2.35. The van der Waals surface area contributed by atoms with Crippen LogP contribution in [0.5, 0.6) is 0 Å². The molecule has 1 heterocycles. The average molecular weight is 350 g/mol. The maximum Gasteiger partial charge on any atom is 0.256 e. The molecule has 0 saturated heterocycles. The zero-order valence-corrected chi connectivity index (χ0v) is 15.4. The number of carbonyl (C=O) groups is 2. The third-order valence-electron chi connectivity index (χ3n) is 4.38. The van der Waals surface area contributed by atoms with Crippen LogP contribution in [0.15, 0.2) is 36.5 Å². The largest absolute Gasteiger partial charge is 0.332 e. The molecule has 3 aromatic rings.